The molecule has 0 rings (SSSR count). The molecular formula is H3N7O7-2. The molecule has 0 aromatic heterocycles. The third kappa shape index (κ3) is 65.3. The van der Waals surface area contributed by atoms with E-state index in [4.69, 9.17) is 46.0 Å². The van der Waals surface area contributed by atoms with Crippen LogP contribution < -0.4 is 5.84 Å². The summed E-state index contributed by atoms with van der Waals surface area (Å²) in [5.41, 5.74) is 4.50. The molecule has 0 radical (unpaired) electrons. The minimum Gasteiger partial charge on any atom is -0.444 e. The average molecular weight is 213 g/mol. The van der Waals surface area contributed by atoms with Crippen molar-refractivity contribution < 1.29 is 5.09 Å². The first-order valence-corrected chi connectivity index (χ1v) is 1.76. The number of nitrogens with two attached hydrogens (primary N) is 1. The maximum atomic E-state index is 8.33. The van der Waals surface area contributed by atoms with Crippen LogP contribution in [0.15, 0.2) is 10.6 Å². The van der Waals surface area contributed by atoms with Crippen LogP contribution in [0.1, 0.15) is 0 Å². The van der Waals surface area contributed by atoms with Gasteiger partial charge < -0.3 is 25.4 Å². The fourth-order valence-electron chi connectivity index (χ4n) is 0. The summed E-state index contributed by atoms with van der Waals surface area (Å²) >= 11 is 0. The second-order valence-electron chi connectivity index (χ2n) is 0.404. The molecule has 0 amide bonds. The molecule has 0 spiro atoms. The van der Waals surface area contributed by atoms with Gasteiger partial charge in [0.2, 0.25) is 0 Å². The van der Waals surface area contributed by atoms with Crippen LogP contribution in [0.4, 0.5) is 0 Å². The quantitative estimate of drug-likeness (QED) is 0.178. The normalized spacial score (nSPS) is 3.86. The fourth-order valence-corrected chi connectivity index (χ4v) is 0. The van der Waals surface area contributed by atoms with Gasteiger partial charge in [-0.1, -0.05) is 5.59 Å². The fraction of sp³-hybridized carbons (Fsp3) is 0. The molecule has 0 aliphatic carbocycles. The van der Waals surface area contributed by atoms with Gasteiger partial charge in [-0.25, -0.2) is 0 Å². The number of nitrogens with one attached hydrogen (secondary N) is 1. The van der Waals surface area contributed by atoms with Gasteiger partial charge in [-0.05, 0) is 0 Å². The van der Waals surface area contributed by atoms with E-state index in [9.17, 15) is 0 Å². The molecule has 0 unspecified atom stereocenters. The molecule has 0 heterocycles. The smallest absolute Gasteiger partial charge is 0.0689 e. The van der Waals surface area contributed by atoms with Crippen LogP contribution in [0.2, 0.25) is 0 Å². The Morgan fingerprint density at radius 3 is 1.21 bits per heavy atom. The molecule has 0 fully saturated rings. The Morgan fingerprint density at radius 1 is 1.21 bits per heavy atom. The van der Waals surface area contributed by atoms with Crippen LogP contribution in [0, 0.1) is 51.6 Å². The second-order valence-corrected chi connectivity index (χ2v) is 0.404. The van der Waals surface area contributed by atoms with E-state index in [0.29, 0.717) is 0 Å². The summed E-state index contributed by atoms with van der Waals surface area (Å²) in [6.07, 6.45) is 0. The maximum absolute atomic E-state index is 8.33. The van der Waals surface area contributed by atoms with Crippen molar-refractivity contribution in [1.29, 1.82) is 16.4 Å². The predicted molar refractivity (Wildman–Crippen MR) is 39.0 cm³/mol. The SMILES string of the molecule is N#N.N=O.NN=O.O=N[O-].O=[N+]([O-])[O-]. The third-order valence-corrected chi connectivity index (χ3v) is 0. The minimum absolute atomic E-state index is 1.00. The molecule has 0 aromatic rings. The Morgan fingerprint density at radius 2 is 1.21 bits per heavy atom. The van der Waals surface area contributed by atoms with E-state index >= 15 is 0 Å². The lowest BCUT2D eigenvalue weighted by Gasteiger charge is -1.74. The summed E-state index contributed by atoms with van der Waals surface area (Å²) < 4.78 is 0. The van der Waals surface area contributed by atoms with Crippen LogP contribution in [-0.2, 0) is 0 Å². The van der Waals surface area contributed by atoms with E-state index in [1.165, 1.54) is 0 Å². The van der Waals surface area contributed by atoms with Gasteiger partial charge in [0.05, 0.1) is 5.09 Å². The van der Waals surface area contributed by atoms with Crippen molar-refractivity contribution in [2.45, 2.75) is 0 Å². The molecule has 3 N–H and O–H groups in total. The van der Waals surface area contributed by atoms with Crippen LogP contribution >= 0.6 is 0 Å². The van der Waals surface area contributed by atoms with Crippen molar-refractivity contribution in [3.63, 3.8) is 0 Å². The molecule has 0 atom stereocenters. The predicted octanol–water partition coefficient (Wildman–Crippen LogP) is -0.000270. The zero-order valence-corrected chi connectivity index (χ0v) is 6.17. The highest BCUT2D eigenvalue weighted by atomic mass is 16.9. The molecule has 14 heteroatoms. The number of hydrogen-bond acceptors (Lipinski definition) is 12. The molecule has 0 aliphatic heterocycles. The van der Waals surface area contributed by atoms with Crippen molar-refractivity contribution in [3.8, 4) is 0 Å². The summed E-state index contributed by atoms with van der Waals surface area (Å²) in [7, 11) is 0. The van der Waals surface area contributed by atoms with Gasteiger partial charge in [-0.3, -0.25) is 5.84 Å². The van der Waals surface area contributed by atoms with Crippen molar-refractivity contribution in [1.82, 2.24) is 0 Å². The van der Waals surface area contributed by atoms with Crippen molar-refractivity contribution in [2.75, 3.05) is 0 Å². The standard InChI is InChI=1S/H2N2O.N2.NO3.HNO2.HNO/c1-2-3;1-2;2-1(3)4;2-1-3;1-2/h(H2,1,3);;;(H,2,3);1H/q;;-1;;/p-1. The molecular weight excluding hydrogens is 210 g/mol. The minimum atomic E-state index is -1.75. The molecule has 0 saturated carbocycles. The van der Waals surface area contributed by atoms with E-state index in [2.05, 4.69) is 11.4 Å². The Kier molecular flexibility index (Phi) is 436. The largest absolute Gasteiger partial charge is 0.444 e. The van der Waals surface area contributed by atoms with Gasteiger partial charge in [0.1, 0.15) is 0 Å². The van der Waals surface area contributed by atoms with Crippen LogP contribution in [-0.4, -0.2) is 5.09 Å². The van der Waals surface area contributed by atoms with Gasteiger partial charge in [-0.2, -0.15) is 4.91 Å². The van der Waals surface area contributed by atoms with Crippen LogP contribution in [0.3, 0.4) is 0 Å². The van der Waals surface area contributed by atoms with Crippen LogP contribution in [0.25, 0.3) is 0 Å². The first kappa shape index (κ1) is 30.5. The highest BCUT2D eigenvalue weighted by Crippen LogP contribution is 1.44. The zero-order valence-electron chi connectivity index (χ0n) is 6.17. The van der Waals surface area contributed by atoms with Gasteiger partial charge >= 0.3 is 0 Å². The highest BCUT2D eigenvalue weighted by molar-refractivity contribution is 4.21. The number of nitrogens with zero attached hydrogens (tertiary/aromatic N) is 5. The Balaban J connectivity index is -0.0000000249. The Bertz CT molecular complexity index is 119. The molecule has 0 aromatic carbocycles. The number of nitroso groups, excluding NO2 is 2. The summed E-state index contributed by atoms with van der Waals surface area (Å²) in [5, 5.41) is 37.5. The first-order valence-electron chi connectivity index (χ1n) is 1.76. The maximum Gasteiger partial charge on any atom is 0.0689 e. The van der Waals surface area contributed by atoms with Crippen molar-refractivity contribution in [2.24, 2.45) is 16.5 Å². The monoisotopic (exact) mass is 213 g/mol. The number of rotatable bonds is 0. The Labute approximate surface area is 74.5 Å². The van der Waals surface area contributed by atoms with E-state index in [-0.39, 0.29) is 0 Å². The topological polar surface area (TPSA) is 263 Å². The molecule has 0 aliphatic rings. The highest BCUT2D eigenvalue weighted by Gasteiger charge is 1.45. The van der Waals surface area contributed by atoms with Crippen LogP contribution in [0.5, 0.6) is 0 Å². The Hall–Kier alpha value is -2.98. The number of hydrogen-bond donors (Lipinski definition) is 2. The molecule has 0 bridgehead atoms. The summed E-state index contributed by atoms with van der Waals surface area (Å²) in [4.78, 5) is 32.1. The second kappa shape index (κ2) is 200. The molecule has 0 saturated heterocycles. The lowest BCUT2D eigenvalue weighted by atomic mass is 12.9. The zero-order chi connectivity index (χ0) is 13.0. The van der Waals surface area contributed by atoms with E-state index in [0.717, 1.165) is 5.34 Å². The lowest BCUT2D eigenvalue weighted by Crippen LogP contribution is -1.74. The van der Waals surface area contributed by atoms with Crippen molar-refractivity contribution in [3.05, 3.63) is 35.3 Å². The van der Waals surface area contributed by atoms with E-state index in [1.54, 1.807) is 5.29 Å². The first-order chi connectivity index (χ1) is 6.56. The average Bonchev–Trinajstić information content (AvgIpc) is 2.12. The lowest BCUT2D eigenvalue weighted by molar-refractivity contribution is -0.402. The van der Waals surface area contributed by atoms with E-state index < -0.39 is 5.09 Å². The van der Waals surface area contributed by atoms with Gasteiger partial charge in [-0.15, -0.1) is 10.2 Å². The van der Waals surface area contributed by atoms with Gasteiger partial charge in [0, 0.05) is 16.1 Å². The third-order valence-electron chi connectivity index (χ3n) is 0. The summed E-state index contributed by atoms with van der Waals surface area (Å²) in [6, 6.07) is 0. The van der Waals surface area contributed by atoms with Gasteiger partial charge in [0.25, 0.3) is 0 Å². The summed E-state index contributed by atoms with van der Waals surface area (Å²) in [6.45, 7) is 0. The molecule has 14 nitrogen and oxygen atoms in total. The van der Waals surface area contributed by atoms with E-state index in [1.807, 2.05) is 0 Å². The molecule has 82 valence electrons. The molecule has 14 heavy (non-hydrogen) atoms. The summed E-state index contributed by atoms with van der Waals surface area (Å²) in [5.74, 6) is 3.92. The van der Waals surface area contributed by atoms with Gasteiger partial charge in [0.15, 0.2) is 0 Å². The van der Waals surface area contributed by atoms with Crippen molar-refractivity contribution >= 4 is 0 Å².